The van der Waals surface area contributed by atoms with E-state index in [-0.39, 0.29) is 16.8 Å². The molecule has 4 aromatic rings. The summed E-state index contributed by atoms with van der Waals surface area (Å²) >= 11 is 2.78. The lowest BCUT2D eigenvalue weighted by Crippen LogP contribution is -2.25. The summed E-state index contributed by atoms with van der Waals surface area (Å²) in [7, 11) is 0. The van der Waals surface area contributed by atoms with Gasteiger partial charge in [0.2, 0.25) is 0 Å². The fourth-order valence-corrected chi connectivity index (χ4v) is 5.59. The molecule has 2 aromatic heterocycles. The lowest BCUT2D eigenvalue weighted by atomic mass is 10.1. The normalized spacial score (nSPS) is 16.1. The van der Waals surface area contributed by atoms with Crippen LogP contribution in [0.25, 0.3) is 21.3 Å². The Labute approximate surface area is 181 Å². The third-order valence-corrected chi connectivity index (χ3v) is 7.17. The number of thiophene rings is 1. The monoisotopic (exact) mass is 434 g/mol. The average molecular weight is 435 g/mol. The van der Waals surface area contributed by atoms with Gasteiger partial charge in [0.15, 0.2) is 5.16 Å². The number of benzene rings is 2. The smallest absolute Gasteiger partial charge is 0.319 e. The topological polar surface area (TPSA) is 61.2 Å². The van der Waals surface area contributed by atoms with Crippen LogP contribution in [0.3, 0.4) is 0 Å². The SMILES string of the molecule is O=C1OCC[C@@H]1Sc1nc2scc(-c3ccccc3)c2c(=O)n1Cc1ccccc1. The molecule has 30 heavy (non-hydrogen) atoms. The molecule has 0 radical (unpaired) electrons. The van der Waals surface area contributed by atoms with Crippen molar-refractivity contribution in [3.8, 4) is 11.1 Å². The molecular formula is C23H18N2O3S2. The summed E-state index contributed by atoms with van der Waals surface area (Å²) in [5.41, 5.74) is 2.81. The second-order valence-electron chi connectivity index (χ2n) is 7.03. The fraction of sp³-hybridized carbons (Fsp3) is 0.174. The van der Waals surface area contributed by atoms with Crippen molar-refractivity contribution < 1.29 is 9.53 Å². The minimum Gasteiger partial charge on any atom is -0.465 e. The summed E-state index contributed by atoms with van der Waals surface area (Å²) in [4.78, 5) is 31.2. The lowest BCUT2D eigenvalue weighted by Gasteiger charge is -2.14. The maximum atomic E-state index is 13.7. The molecule has 0 saturated carbocycles. The highest BCUT2D eigenvalue weighted by atomic mass is 32.2. The van der Waals surface area contributed by atoms with Gasteiger partial charge >= 0.3 is 5.97 Å². The van der Waals surface area contributed by atoms with E-state index >= 15 is 0 Å². The molecule has 1 saturated heterocycles. The highest BCUT2D eigenvalue weighted by Crippen LogP contribution is 2.34. The first-order chi connectivity index (χ1) is 14.7. The standard InChI is InChI=1S/C23H18N2O3S2/c26-21-19-17(16-9-5-2-6-10-16)14-29-20(19)24-23(30-18-11-12-28-22(18)27)25(21)13-15-7-3-1-4-8-15/h1-10,14,18H,11-13H2/t18-/m0/s1. The Hall–Kier alpha value is -2.90. The van der Waals surface area contributed by atoms with E-state index in [1.807, 2.05) is 66.0 Å². The van der Waals surface area contributed by atoms with Gasteiger partial charge in [-0.05, 0) is 11.1 Å². The van der Waals surface area contributed by atoms with Crippen LogP contribution in [0.5, 0.6) is 0 Å². The van der Waals surface area contributed by atoms with Crippen molar-refractivity contribution in [3.05, 3.63) is 82.0 Å². The molecule has 0 amide bonds. The molecule has 150 valence electrons. The molecule has 1 aliphatic heterocycles. The van der Waals surface area contributed by atoms with E-state index in [1.54, 1.807) is 4.57 Å². The van der Waals surface area contributed by atoms with E-state index in [0.29, 0.717) is 34.9 Å². The minimum atomic E-state index is -0.329. The summed E-state index contributed by atoms with van der Waals surface area (Å²) in [6, 6.07) is 19.7. The van der Waals surface area contributed by atoms with Crippen molar-refractivity contribution in [1.82, 2.24) is 9.55 Å². The first-order valence-electron chi connectivity index (χ1n) is 9.65. The van der Waals surface area contributed by atoms with Crippen molar-refractivity contribution in [2.24, 2.45) is 0 Å². The number of ether oxygens (including phenoxy) is 1. The Balaban J connectivity index is 1.67. The van der Waals surface area contributed by atoms with Gasteiger partial charge in [0.25, 0.3) is 5.56 Å². The maximum Gasteiger partial charge on any atom is 0.319 e. The largest absolute Gasteiger partial charge is 0.465 e. The number of carbonyl (C=O) groups excluding carboxylic acids is 1. The van der Waals surface area contributed by atoms with Crippen LogP contribution < -0.4 is 5.56 Å². The predicted molar refractivity (Wildman–Crippen MR) is 120 cm³/mol. The Morgan fingerprint density at radius 2 is 1.80 bits per heavy atom. The molecule has 1 atom stereocenters. The van der Waals surface area contributed by atoms with Gasteiger partial charge in [0.1, 0.15) is 10.1 Å². The lowest BCUT2D eigenvalue weighted by molar-refractivity contribution is -0.137. The number of hydrogen-bond acceptors (Lipinski definition) is 6. The molecule has 1 aliphatic rings. The van der Waals surface area contributed by atoms with Gasteiger partial charge in [-0.25, -0.2) is 4.98 Å². The van der Waals surface area contributed by atoms with E-state index in [4.69, 9.17) is 9.72 Å². The van der Waals surface area contributed by atoms with Crippen molar-refractivity contribution >= 4 is 39.3 Å². The summed E-state index contributed by atoms with van der Waals surface area (Å²) < 4.78 is 6.79. The van der Waals surface area contributed by atoms with E-state index < -0.39 is 0 Å². The summed E-state index contributed by atoms with van der Waals surface area (Å²) in [6.07, 6.45) is 0.627. The molecule has 0 spiro atoms. The molecule has 2 aromatic carbocycles. The maximum absolute atomic E-state index is 13.7. The van der Waals surface area contributed by atoms with E-state index in [1.165, 1.54) is 23.1 Å². The number of fused-ring (bicyclic) bond motifs is 1. The second kappa shape index (κ2) is 8.08. The van der Waals surface area contributed by atoms with Crippen LogP contribution >= 0.6 is 23.1 Å². The highest BCUT2D eigenvalue weighted by Gasteiger charge is 2.30. The van der Waals surface area contributed by atoms with Gasteiger partial charge in [-0.1, -0.05) is 72.4 Å². The molecule has 1 fully saturated rings. The van der Waals surface area contributed by atoms with Crippen LogP contribution in [-0.4, -0.2) is 27.4 Å². The highest BCUT2D eigenvalue weighted by molar-refractivity contribution is 8.00. The Kier molecular flexibility index (Phi) is 5.14. The van der Waals surface area contributed by atoms with Crippen molar-refractivity contribution in [1.29, 1.82) is 0 Å². The predicted octanol–water partition coefficient (Wildman–Crippen LogP) is 4.58. The molecule has 3 heterocycles. The van der Waals surface area contributed by atoms with Crippen molar-refractivity contribution in [2.45, 2.75) is 23.4 Å². The molecule has 0 bridgehead atoms. The number of nitrogens with zero attached hydrogens (tertiary/aromatic N) is 2. The molecule has 5 nitrogen and oxygen atoms in total. The Bertz CT molecular complexity index is 1270. The van der Waals surface area contributed by atoms with Gasteiger partial charge in [-0.2, -0.15) is 0 Å². The number of carbonyl (C=O) groups is 1. The van der Waals surface area contributed by atoms with Gasteiger partial charge in [0, 0.05) is 17.4 Å². The van der Waals surface area contributed by atoms with Gasteiger partial charge in [-0.15, -0.1) is 11.3 Å². The number of esters is 1. The molecule has 7 heteroatoms. The Morgan fingerprint density at radius 3 is 2.50 bits per heavy atom. The van der Waals surface area contributed by atoms with Crippen molar-refractivity contribution in [2.75, 3.05) is 6.61 Å². The number of thioether (sulfide) groups is 1. The third-order valence-electron chi connectivity index (χ3n) is 5.06. The van der Waals surface area contributed by atoms with E-state index in [9.17, 15) is 9.59 Å². The number of rotatable bonds is 5. The molecular weight excluding hydrogens is 416 g/mol. The first kappa shape index (κ1) is 19.1. The number of cyclic esters (lactones) is 1. The molecule has 5 rings (SSSR count). The van der Waals surface area contributed by atoms with Crippen LogP contribution in [0.2, 0.25) is 0 Å². The van der Waals surface area contributed by atoms with Crippen LogP contribution in [0.1, 0.15) is 12.0 Å². The summed E-state index contributed by atoms with van der Waals surface area (Å²) in [6.45, 7) is 0.815. The van der Waals surface area contributed by atoms with Crippen LogP contribution in [0, 0.1) is 0 Å². The fourth-order valence-electron chi connectivity index (χ4n) is 3.54. The molecule has 0 aliphatic carbocycles. The Morgan fingerprint density at radius 1 is 1.07 bits per heavy atom. The van der Waals surface area contributed by atoms with E-state index in [0.717, 1.165) is 16.7 Å². The first-order valence-corrected chi connectivity index (χ1v) is 11.4. The number of hydrogen-bond donors (Lipinski definition) is 0. The second-order valence-corrected chi connectivity index (χ2v) is 9.06. The van der Waals surface area contributed by atoms with Crippen LogP contribution in [0.15, 0.2) is 76.0 Å². The zero-order valence-electron chi connectivity index (χ0n) is 16.0. The van der Waals surface area contributed by atoms with Gasteiger partial charge < -0.3 is 4.74 Å². The van der Waals surface area contributed by atoms with E-state index in [2.05, 4.69) is 0 Å². The minimum absolute atomic E-state index is 0.0854. The van der Waals surface area contributed by atoms with Crippen molar-refractivity contribution in [3.63, 3.8) is 0 Å². The van der Waals surface area contributed by atoms with Gasteiger partial charge in [-0.3, -0.25) is 14.2 Å². The van der Waals surface area contributed by atoms with Crippen LogP contribution in [-0.2, 0) is 16.1 Å². The number of aromatic nitrogens is 2. The zero-order valence-corrected chi connectivity index (χ0v) is 17.6. The average Bonchev–Trinajstić information content (AvgIpc) is 3.38. The molecule has 0 N–H and O–H groups in total. The zero-order chi connectivity index (χ0) is 20.5. The third kappa shape index (κ3) is 3.55. The quantitative estimate of drug-likeness (QED) is 0.340. The molecule has 0 unspecified atom stereocenters. The van der Waals surface area contributed by atoms with Gasteiger partial charge in [0.05, 0.1) is 18.5 Å². The summed E-state index contributed by atoms with van der Waals surface area (Å²) in [5, 5.41) is 2.84. The summed E-state index contributed by atoms with van der Waals surface area (Å²) in [5.74, 6) is -0.239. The van der Waals surface area contributed by atoms with Crippen LogP contribution in [0.4, 0.5) is 0 Å².